The van der Waals surface area contributed by atoms with Gasteiger partial charge in [-0.2, -0.15) is 4.98 Å². The summed E-state index contributed by atoms with van der Waals surface area (Å²) < 4.78 is 5.06. The quantitative estimate of drug-likeness (QED) is 0.719. The van der Waals surface area contributed by atoms with Gasteiger partial charge in [-0.3, -0.25) is 0 Å². The SMILES string of the molecule is COc1[nH]c2c(N)nc(NCCC3CC3)nc2[nH+]1. The molecule has 7 nitrogen and oxygen atoms in total. The van der Waals surface area contributed by atoms with Crippen LogP contribution in [0.15, 0.2) is 0 Å². The number of methoxy groups -OCH3 is 1. The molecular formula is C11H17N6O+. The Kier molecular flexibility index (Phi) is 2.66. The lowest BCUT2D eigenvalue weighted by Gasteiger charge is -2.00. The van der Waals surface area contributed by atoms with Crippen molar-refractivity contribution >= 4 is 22.9 Å². The van der Waals surface area contributed by atoms with Gasteiger partial charge in [0.1, 0.15) is 0 Å². The number of nitrogens with one attached hydrogen (secondary N) is 3. The number of H-pyrrole nitrogens is 2. The first-order valence-corrected chi connectivity index (χ1v) is 6.12. The molecule has 2 aromatic rings. The summed E-state index contributed by atoms with van der Waals surface area (Å²) in [4.78, 5) is 14.5. The molecule has 0 aliphatic heterocycles. The molecule has 1 aliphatic carbocycles. The molecule has 2 heterocycles. The van der Waals surface area contributed by atoms with Crippen LogP contribution in [-0.4, -0.2) is 28.6 Å². The third-order valence-corrected chi connectivity index (χ3v) is 3.14. The maximum absolute atomic E-state index is 5.87. The van der Waals surface area contributed by atoms with Crippen LogP contribution in [0.3, 0.4) is 0 Å². The molecule has 3 rings (SSSR count). The van der Waals surface area contributed by atoms with Crippen LogP contribution in [0.5, 0.6) is 6.01 Å². The summed E-state index contributed by atoms with van der Waals surface area (Å²) in [7, 11) is 1.57. The Balaban J connectivity index is 1.78. The van der Waals surface area contributed by atoms with Crippen molar-refractivity contribution in [1.29, 1.82) is 0 Å². The zero-order valence-electron chi connectivity index (χ0n) is 10.3. The van der Waals surface area contributed by atoms with Gasteiger partial charge in [-0.25, -0.2) is 9.97 Å². The molecular weight excluding hydrogens is 232 g/mol. The molecule has 0 atom stereocenters. The van der Waals surface area contributed by atoms with E-state index in [1.165, 1.54) is 19.3 Å². The first-order chi connectivity index (χ1) is 8.76. The van der Waals surface area contributed by atoms with Gasteiger partial charge >= 0.3 is 17.6 Å². The van der Waals surface area contributed by atoms with Crippen molar-refractivity contribution in [1.82, 2.24) is 15.0 Å². The topological polar surface area (TPSA) is 103 Å². The van der Waals surface area contributed by atoms with E-state index in [9.17, 15) is 0 Å². The van der Waals surface area contributed by atoms with E-state index in [2.05, 4.69) is 25.3 Å². The van der Waals surface area contributed by atoms with Gasteiger partial charge in [0.15, 0.2) is 5.82 Å². The lowest BCUT2D eigenvalue weighted by atomic mass is 10.3. The van der Waals surface area contributed by atoms with Crippen molar-refractivity contribution in [3.8, 4) is 6.01 Å². The molecule has 1 fully saturated rings. The van der Waals surface area contributed by atoms with E-state index in [4.69, 9.17) is 10.5 Å². The van der Waals surface area contributed by atoms with E-state index in [1.54, 1.807) is 7.11 Å². The number of fused-ring (bicyclic) bond motifs is 1. The van der Waals surface area contributed by atoms with Crippen LogP contribution in [-0.2, 0) is 0 Å². The summed E-state index contributed by atoms with van der Waals surface area (Å²) in [6.45, 7) is 0.886. The Morgan fingerprint density at radius 1 is 1.50 bits per heavy atom. The van der Waals surface area contributed by atoms with E-state index in [0.29, 0.717) is 28.9 Å². The minimum atomic E-state index is 0.411. The Labute approximate surface area is 104 Å². The van der Waals surface area contributed by atoms with Crippen molar-refractivity contribution in [3.05, 3.63) is 0 Å². The molecule has 0 amide bonds. The van der Waals surface area contributed by atoms with Crippen LogP contribution < -0.4 is 20.8 Å². The lowest BCUT2D eigenvalue weighted by molar-refractivity contribution is -0.364. The molecule has 1 aliphatic rings. The fourth-order valence-electron chi connectivity index (χ4n) is 1.92. The monoisotopic (exact) mass is 249 g/mol. The predicted molar refractivity (Wildman–Crippen MR) is 67.2 cm³/mol. The number of nitrogen functional groups attached to an aromatic ring is 1. The third-order valence-electron chi connectivity index (χ3n) is 3.14. The van der Waals surface area contributed by atoms with Crippen LogP contribution in [0.4, 0.5) is 11.8 Å². The van der Waals surface area contributed by atoms with Gasteiger partial charge in [0, 0.05) is 6.54 Å². The number of aromatic nitrogens is 4. The summed E-state index contributed by atoms with van der Waals surface area (Å²) in [5, 5.41) is 3.20. The molecule has 7 heteroatoms. The molecule has 5 N–H and O–H groups in total. The summed E-state index contributed by atoms with van der Waals surface area (Å²) in [5.41, 5.74) is 7.18. The molecule has 0 spiro atoms. The van der Waals surface area contributed by atoms with E-state index in [1.807, 2.05) is 0 Å². The zero-order valence-corrected chi connectivity index (χ0v) is 10.3. The molecule has 0 unspecified atom stereocenters. The van der Waals surface area contributed by atoms with Crippen molar-refractivity contribution in [2.75, 3.05) is 24.7 Å². The van der Waals surface area contributed by atoms with Crippen LogP contribution in [0.25, 0.3) is 11.2 Å². The fraction of sp³-hybridized carbons (Fsp3) is 0.545. The van der Waals surface area contributed by atoms with Crippen molar-refractivity contribution in [2.24, 2.45) is 5.92 Å². The smallest absolute Gasteiger partial charge is 0.395 e. The Morgan fingerprint density at radius 3 is 3.06 bits per heavy atom. The lowest BCUT2D eigenvalue weighted by Crippen LogP contribution is -2.10. The fourth-order valence-corrected chi connectivity index (χ4v) is 1.92. The third kappa shape index (κ3) is 2.15. The number of nitrogens with two attached hydrogens (primary N) is 1. The number of nitrogens with zero attached hydrogens (tertiary/aromatic N) is 2. The maximum atomic E-state index is 5.87. The van der Waals surface area contributed by atoms with Crippen LogP contribution in [0, 0.1) is 5.92 Å². The highest BCUT2D eigenvalue weighted by Crippen LogP contribution is 2.32. The maximum Gasteiger partial charge on any atom is 0.395 e. The highest BCUT2D eigenvalue weighted by Gasteiger charge is 2.21. The average Bonchev–Trinajstić information content (AvgIpc) is 3.07. The average molecular weight is 249 g/mol. The van der Waals surface area contributed by atoms with Crippen molar-refractivity contribution < 1.29 is 9.72 Å². The zero-order chi connectivity index (χ0) is 12.5. The number of hydrogen-bond donors (Lipinski definition) is 3. The Morgan fingerprint density at radius 2 is 2.33 bits per heavy atom. The Hall–Kier alpha value is -2.05. The predicted octanol–water partition coefficient (Wildman–Crippen LogP) is 0.575. The summed E-state index contributed by atoms with van der Waals surface area (Å²) in [6, 6.07) is 0.515. The summed E-state index contributed by atoms with van der Waals surface area (Å²) >= 11 is 0. The minimum Gasteiger partial charge on any atom is -0.446 e. The molecule has 1 saturated carbocycles. The van der Waals surface area contributed by atoms with Gasteiger partial charge in [-0.15, -0.1) is 0 Å². The second-order valence-electron chi connectivity index (χ2n) is 4.60. The highest BCUT2D eigenvalue weighted by molar-refractivity contribution is 5.80. The molecule has 0 radical (unpaired) electrons. The first kappa shape index (κ1) is 11.1. The van der Waals surface area contributed by atoms with Crippen LogP contribution in [0.2, 0.25) is 0 Å². The van der Waals surface area contributed by atoms with Crippen molar-refractivity contribution in [3.63, 3.8) is 0 Å². The van der Waals surface area contributed by atoms with Gasteiger partial charge in [-0.1, -0.05) is 17.8 Å². The van der Waals surface area contributed by atoms with Gasteiger partial charge in [-0.05, 0) is 12.3 Å². The molecule has 2 aromatic heterocycles. The largest absolute Gasteiger partial charge is 0.446 e. The number of hydrogen-bond acceptors (Lipinski definition) is 5. The van der Waals surface area contributed by atoms with Gasteiger partial charge < -0.3 is 15.8 Å². The second-order valence-corrected chi connectivity index (χ2v) is 4.60. The molecule has 96 valence electrons. The normalized spacial score (nSPS) is 14.9. The number of rotatable bonds is 5. The Bertz CT molecular complexity index is 562. The van der Waals surface area contributed by atoms with Crippen LogP contribution in [0.1, 0.15) is 19.3 Å². The van der Waals surface area contributed by atoms with E-state index < -0.39 is 0 Å². The van der Waals surface area contributed by atoms with Crippen molar-refractivity contribution in [2.45, 2.75) is 19.3 Å². The number of ether oxygens (including phenoxy) is 1. The van der Waals surface area contributed by atoms with Crippen LogP contribution >= 0.6 is 0 Å². The molecule has 0 aromatic carbocycles. The molecule has 0 saturated heterocycles. The second kappa shape index (κ2) is 4.32. The highest BCUT2D eigenvalue weighted by atomic mass is 16.5. The summed E-state index contributed by atoms with van der Waals surface area (Å²) in [5.74, 6) is 1.85. The number of imidazole rings is 1. The van der Waals surface area contributed by atoms with E-state index in [-0.39, 0.29) is 0 Å². The summed E-state index contributed by atoms with van der Waals surface area (Å²) in [6.07, 6.45) is 3.88. The molecule has 18 heavy (non-hydrogen) atoms. The van der Waals surface area contributed by atoms with Gasteiger partial charge in [0.25, 0.3) is 0 Å². The number of aromatic amines is 2. The van der Waals surface area contributed by atoms with E-state index in [0.717, 1.165) is 12.5 Å². The first-order valence-electron chi connectivity index (χ1n) is 6.12. The van der Waals surface area contributed by atoms with Gasteiger partial charge in [0.2, 0.25) is 5.52 Å². The van der Waals surface area contributed by atoms with Gasteiger partial charge in [0.05, 0.1) is 7.11 Å². The molecule has 0 bridgehead atoms. The standard InChI is InChI=1S/C11H16N6O/c1-18-11-14-7-8(12)15-10(16-9(7)17-11)13-5-4-6-2-3-6/h6H,2-5H2,1H3,(H4,12,13,14,15,16,17)/p+1. The van der Waals surface area contributed by atoms with E-state index >= 15 is 0 Å². The number of anilines is 2. The minimum absolute atomic E-state index is 0.411.